The van der Waals surface area contributed by atoms with Gasteiger partial charge in [-0.1, -0.05) is 54.7 Å². The number of H-pyrrole nitrogens is 1. The van der Waals surface area contributed by atoms with Crippen molar-refractivity contribution >= 4 is 28.2 Å². The Labute approximate surface area is 115 Å². The minimum Gasteiger partial charge on any atom is -0.305 e. The highest BCUT2D eigenvalue weighted by Gasteiger charge is 2.10. The molecule has 0 radical (unpaired) electrons. The lowest BCUT2D eigenvalue weighted by Gasteiger charge is -2.05. The molecular formula is C15H12N2OS. The standard InChI is InChI=1S/C15H12N2OS/c18-15-16-12-8-4-5-9-13(12)17(15)14(19)10-11-6-2-1-3-7-11/h1-9H,10H2,(H,16,18). The van der Waals surface area contributed by atoms with Gasteiger partial charge < -0.3 is 4.98 Å². The fourth-order valence-corrected chi connectivity index (χ4v) is 2.50. The van der Waals surface area contributed by atoms with E-state index >= 15 is 0 Å². The molecule has 0 saturated carbocycles. The molecule has 0 fully saturated rings. The van der Waals surface area contributed by atoms with Gasteiger partial charge in [0.2, 0.25) is 0 Å². The van der Waals surface area contributed by atoms with Crippen LogP contribution in [-0.4, -0.2) is 14.5 Å². The minimum atomic E-state index is -0.179. The first kappa shape index (κ1) is 11.9. The Kier molecular flexibility index (Phi) is 3.01. The van der Waals surface area contributed by atoms with Gasteiger partial charge in [-0.15, -0.1) is 0 Å². The van der Waals surface area contributed by atoms with Crippen molar-refractivity contribution in [3.8, 4) is 0 Å². The molecule has 94 valence electrons. The second-order valence-corrected chi connectivity index (χ2v) is 4.81. The third-order valence-electron chi connectivity index (χ3n) is 3.04. The SMILES string of the molecule is O=c1[nH]c2ccccc2n1C(=S)Cc1ccccc1. The molecule has 0 saturated heterocycles. The van der Waals surface area contributed by atoms with Crippen LogP contribution in [0.1, 0.15) is 5.56 Å². The molecule has 0 aliphatic carbocycles. The van der Waals surface area contributed by atoms with Gasteiger partial charge in [-0.25, -0.2) is 4.79 Å². The number of imidazole rings is 1. The van der Waals surface area contributed by atoms with Gasteiger partial charge in [0.1, 0.15) is 0 Å². The third-order valence-corrected chi connectivity index (χ3v) is 3.36. The van der Waals surface area contributed by atoms with Crippen LogP contribution in [0, 0.1) is 0 Å². The highest BCUT2D eigenvalue weighted by atomic mass is 32.1. The zero-order chi connectivity index (χ0) is 13.2. The van der Waals surface area contributed by atoms with Gasteiger partial charge in [-0.05, 0) is 17.7 Å². The van der Waals surface area contributed by atoms with E-state index < -0.39 is 0 Å². The maximum Gasteiger partial charge on any atom is 0.331 e. The molecule has 0 spiro atoms. The highest BCUT2D eigenvalue weighted by molar-refractivity contribution is 7.80. The van der Waals surface area contributed by atoms with Crippen LogP contribution in [-0.2, 0) is 6.42 Å². The number of aromatic nitrogens is 2. The molecule has 0 aliphatic rings. The van der Waals surface area contributed by atoms with Crippen molar-refractivity contribution in [2.24, 2.45) is 0 Å². The van der Waals surface area contributed by atoms with Gasteiger partial charge in [0.15, 0.2) is 0 Å². The van der Waals surface area contributed by atoms with Gasteiger partial charge >= 0.3 is 5.69 Å². The Hall–Kier alpha value is -2.20. The summed E-state index contributed by atoms with van der Waals surface area (Å²) in [6.07, 6.45) is 0.581. The van der Waals surface area contributed by atoms with Crippen molar-refractivity contribution in [2.75, 3.05) is 0 Å². The fraction of sp³-hybridized carbons (Fsp3) is 0.0667. The summed E-state index contributed by atoms with van der Waals surface area (Å²) in [5.74, 6) is 0. The maximum absolute atomic E-state index is 12.0. The van der Waals surface area contributed by atoms with Crippen LogP contribution in [0.15, 0.2) is 59.4 Å². The lowest BCUT2D eigenvalue weighted by Crippen LogP contribution is -2.24. The Morgan fingerprint density at radius 2 is 1.74 bits per heavy atom. The molecule has 3 aromatic rings. The number of hydrogen-bond acceptors (Lipinski definition) is 2. The molecule has 0 unspecified atom stereocenters. The van der Waals surface area contributed by atoms with Crippen LogP contribution in [0.3, 0.4) is 0 Å². The number of nitrogens with one attached hydrogen (secondary N) is 1. The molecule has 3 nitrogen and oxygen atoms in total. The summed E-state index contributed by atoms with van der Waals surface area (Å²) in [7, 11) is 0. The smallest absolute Gasteiger partial charge is 0.305 e. The number of hydrogen-bond donors (Lipinski definition) is 1. The van der Waals surface area contributed by atoms with E-state index in [2.05, 4.69) is 4.98 Å². The molecule has 1 heterocycles. The van der Waals surface area contributed by atoms with E-state index in [-0.39, 0.29) is 5.69 Å². The molecule has 1 N–H and O–H groups in total. The van der Waals surface area contributed by atoms with Crippen LogP contribution in [0.5, 0.6) is 0 Å². The number of thiocarbonyl (C=S) groups is 1. The number of rotatable bonds is 2. The number of aromatic amines is 1. The van der Waals surface area contributed by atoms with Crippen molar-refractivity contribution < 1.29 is 0 Å². The summed E-state index contributed by atoms with van der Waals surface area (Å²) in [4.78, 5) is 15.4. The third kappa shape index (κ3) is 2.22. The second kappa shape index (κ2) is 4.82. The molecule has 0 aliphatic heterocycles. The molecule has 19 heavy (non-hydrogen) atoms. The molecule has 1 aromatic heterocycles. The van der Waals surface area contributed by atoms with Crippen LogP contribution in [0.2, 0.25) is 0 Å². The van der Waals surface area contributed by atoms with E-state index in [9.17, 15) is 4.79 Å². The fourth-order valence-electron chi connectivity index (χ4n) is 2.15. The second-order valence-electron chi connectivity index (χ2n) is 4.34. The molecule has 0 amide bonds. The van der Waals surface area contributed by atoms with E-state index in [0.29, 0.717) is 11.4 Å². The van der Waals surface area contributed by atoms with Crippen molar-refractivity contribution in [3.05, 3.63) is 70.6 Å². The molecule has 0 atom stereocenters. The normalized spacial score (nSPS) is 10.7. The number of para-hydroxylation sites is 2. The van der Waals surface area contributed by atoms with Crippen LogP contribution in [0.4, 0.5) is 0 Å². The highest BCUT2D eigenvalue weighted by Crippen LogP contribution is 2.11. The van der Waals surface area contributed by atoms with Gasteiger partial charge in [0, 0.05) is 6.42 Å². The van der Waals surface area contributed by atoms with Gasteiger partial charge in [0.05, 0.1) is 16.0 Å². The van der Waals surface area contributed by atoms with Gasteiger partial charge in [0.25, 0.3) is 0 Å². The molecular weight excluding hydrogens is 256 g/mol. The summed E-state index contributed by atoms with van der Waals surface area (Å²) in [6, 6.07) is 17.5. The maximum atomic E-state index is 12.0. The Bertz CT molecular complexity index is 787. The lowest BCUT2D eigenvalue weighted by molar-refractivity contribution is 1.06. The Morgan fingerprint density at radius 3 is 2.53 bits per heavy atom. The van der Waals surface area contributed by atoms with Gasteiger partial charge in [-0.3, -0.25) is 4.57 Å². The summed E-state index contributed by atoms with van der Waals surface area (Å²) < 4.78 is 1.57. The topological polar surface area (TPSA) is 37.8 Å². The average molecular weight is 268 g/mol. The zero-order valence-electron chi connectivity index (χ0n) is 10.2. The first-order valence-electron chi connectivity index (χ1n) is 6.02. The van der Waals surface area contributed by atoms with Crippen LogP contribution in [0.25, 0.3) is 11.0 Å². The van der Waals surface area contributed by atoms with Crippen molar-refractivity contribution in [3.63, 3.8) is 0 Å². The summed E-state index contributed by atoms with van der Waals surface area (Å²) in [6.45, 7) is 0. The summed E-state index contributed by atoms with van der Waals surface area (Å²) >= 11 is 5.41. The van der Waals surface area contributed by atoms with Crippen molar-refractivity contribution in [1.82, 2.24) is 9.55 Å². The molecule has 0 bridgehead atoms. The van der Waals surface area contributed by atoms with E-state index in [4.69, 9.17) is 12.2 Å². The predicted octanol–water partition coefficient (Wildman–Crippen LogP) is 2.75. The number of fused-ring (bicyclic) bond motifs is 1. The first-order chi connectivity index (χ1) is 9.25. The predicted molar refractivity (Wildman–Crippen MR) is 80.7 cm³/mol. The molecule has 4 heteroatoms. The van der Waals surface area contributed by atoms with E-state index in [1.165, 1.54) is 0 Å². The molecule has 3 rings (SSSR count). The monoisotopic (exact) mass is 268 g/mol. The molecule has 2 aromatic carbocycles. The lowest BCUT2D eigenvalue weighted by atomic mass is 10.1. The van der Waals surface area contributed by atoms with Crippen molar-refractivity contribution in [1.29, 1.82) is 0 Å². The Morgan fingerprint density at radius 1 is 1.05 bits per heavy atom. The average Bonchev–Trinajstić information content (AvgIpc) is 2.75. The van der Waals surface area contributed by atoms with Crippen LogP contribution < -0.4 is 5.69 Å². The number of benzene rings is 2. The quantitative estimate of drug-likeness (QED) is 0.726. The van der Waals surface area contributed by atoms with E-state index in [1.54, 1.807) is 4.57 Å². The number of nitrogens with zero attached hydrogens (tertiary/aromatic N) is 1. The summed E-state index contributed by atoms with van der Waals surface area (Å²) in [5, 5.41) is 0. The minimum absolute atomic E-state index is 0.179. The van der Waals surface area contributed by atoms with E-state index in [0.717, 1.165) is 16.6 Å². The Balaban J connectivity index is 2.03. The largest absolute Gasteiger partial charge is 0.331 e. The van der Waals surface area contributed by atoms with Crippen molar-refractivity contribution in [2.45, 2.75) is 6.42 Å². The van der Waals surface area contributed by atoms with E-state index in [1.807, 2.05) is 54.6 Å². The first-order valence-corrected chi connectivity index (χ1v) is 6.43. The zero-order valence-corrected chi connectivity index (χ0v) is 11.0. The summed E-state index contributed by atoms with van der Waals surface area (Å²) in [5.41, 5.74) is 2.56. The van der Waals surface area contributed by atoms with Crippen LogP contribution >= 0.6 is 12.2 Å². The van der Waals surface area contributed by atoms with Gasteiger partial charge in [-0.2, -0.15) is 0 Å².